The van der Waals surface area contributed by atoms with Crippen LogP contribution in [0, 0.1) is 23.2 Å². The Balaban J connectivity index is 1.79. The highest BCUT2D eigenvalue weighted by molar-refractivity contribution is 5.07. The van der Waals surface area contributed by atoms with Gasteiger partial charge in [0.25, 0.3) is 0 Å². The second-order valence-electron chi connectivity index (χ2n) is 4.66. The molecule has 3 unspecified atom stereocenters. The molecule has 15 heavy (non-hydrogen) atoms. The summed E-state index contributed by atoms with van der Waals surface area (Å²) in [6.45, 7) is 0. The van der Waals surface area contributed by atoms with E-state index in [1.165, 1.54) is 25.7 Å². The minimum atomic E-state index is 0.230. The first-order chi connectivity index (χ1) is 7.36. The highest BCUT2D eigenvalue weighted by atomic mass is 16.5. The van der Waals surface area contributed by atoms with Crippen LogP contribution in [0.3, 0.4) is 0 Å². The van der Waals surface area contributed by atoms with Gasteiger partial charge in [-0.3, -0.25) is 0 Å². The van der Waals surface area contributed by atoms with Gasteiger partial charge in [-0.15, -0.1) is 0 Å². The number of rotatable bonds is 2. The van der Waals surface area contributed by atoms with Gasteiger partial charge in [0.15, 0.2) is 5.82 Å². The number of hydrogen-bond acceptors (Lipinski definition) is 4. The molecule has 0 aliphatic heterocycles. The maximum absolute atomic E-state index is 8.52. The average Bonchev–Trinajstić information content (AvgIpc) is 2.91. The molecule has 2 aliphatic carbocycles. The van der Waals surface area contributed by atoms with Gasteiger partial charge in [-0.25, -0.2) is 0 Å². The lowest BCUT2D eigenvalue weighted by atomic mass is 9.88. The Kier molecular flexibility index (Phi) is 1.98. The van der Waals surface area contributed by atoms with Crippen molar-refractivity contribution in [3.05, 3.63) is 11.7 Å². The van der Waals surface area contributed by atoms with E-state index >= 15 is 0 Å². The van der Waals surface area contributed by atoms with Crippen molar-refractivity contribution in [3.63, 3.8) is 0 Å². The van der Waals surface area contributed by atoms with E-state index in [2.05, 4.69) is 10.1 Å². The van der Waals surface area contributed by atoms with Gasteiger partial charge in [-0.1, -0.05) is 11.6 Å². The van der Waals surface area contributed by atoms with Crippen LogP contribution >= 0.6 is 0 Å². The molecule has 0 N–H and O–H groups in total. The normalized spacial score (nSPS) is 33.1. The maximum atomic E-state index is 8.52. The predicted molar refractivity (Wildman–Crippen MR) is 51.8 cm³/mol. The minimum Gasteiger partial charge on any atom is -0.338 e. The highest BCUT2D eigenvalue weighted by Gasteiger charge is 2.42. The van der Waals surface area contributed by atoms with E-state index < -0.39 is 0 Å². The fourth-order valence-electron chi connectivity index (χ4n) is 3.12. The molecular formula is C11H13N3O. The van der Waals surface area contributed by atoms with E-state index in [0.717, 1.165) is 17.7 Å². The van der Waals surface area contributed by atoms with Crippen LogP contribution < -0.4 is 0 Å². The number of nitrogens with zero attached hydrogens (tertiary/aromatic N) is 3. The van der Waals surface area contributed by atoms with Crippen LogP contribution in [0.1, 0.15) is 43.3 Å². The maximum Gasteiger partial charge on any atom is 0.240 e. The quantitative estimate of drug-likeness (QED) is 0.737. The lowest BCUT2D eigenvalue weighted by Gasteiger charge is -2.17. The molecule has 3 rings (SSSR count). The molecular weight excluding hydrogens is 190 g/mol. The molecule has 0 saturated heterocycles. The van der Waals surface area contributed by atoms with Crippen molar-refractivity contribution in [2.75, 3.05) is 0 Å². The predicted octanol–water partition coefficient (Wildman–Crippen LogP) is 2.04. The van der Waals surface area contributed by atoms with Crippen LogP contribution in [0.2, 0.25) is 0 Å². The number of aromatic nitrogens is 2. The zero-order valence-corrected chi connectivity index (χ0v) is 8.52. The molecule has 2 aliphatic rings. The van der Waals surface area contributed by atoms with Crippen molar-refractivity contribution in [1.29, 1.82) is 5.26 Å². The summed E-state index contributed by atoms with van der Waals surface area (Å²) in [4.78, 5) is 4.30. The van der Waals surface area contributed by atoms with Gasteiger partial charge >= 0.3 is 0 Å². The summed E-state index contributed by atoms with van der Waals surface area (Å²) in [5.41, 5.74) is 0. The Hall–Kier alpha value is -1.37. The van der Waals surface area contributed by atoms with E-state index in [4.69, 9.17) is 9.78 Å². The zero-order valence-electron chi connectivity index (χ0n) is 8.52. The lowest BCUT2D eigenvalue weighted by Crippen LogP contribution is -2.10. The summed E-state index contributed by atoms with van der Waals surface area (Å²) in [6.07, 6.45) is 5.48. The average molecular weight is 203 g/mol. The van der Waals surface area contributed by atoms with E-state index in [-0.39, 0.29) is 6.42 Å². The highest BCUT2D eigenvalue weighted by Crippen LogP contribution is 2.52. The van der Waals surface area contributed by atoms with Crippen LogP contribution in [-0.4, -0.2) is 10.1 Å². The smallest absolute Gasteiger partial charge is 0.240 e. The summed E-state index contributed by atoms with van der Waals surface area (Å²) in [6, 6.07) is 2.03. The molecule has 78 valence electrons. The molecule has 0 amide bonds. The van der Waals surface area contributed by atoms with Crippen LogP contribution in [-0.2, 0) is 6.42 Å². The van der Waals surface area contributed by atoms with Gasteiger partial charge < -0.3 is 4.52 Å². The van der Waals surface area contributed by atoms with Crippen molar-refractivity contribution in [1.82, 2.24) is 10.1 Å². The Labute approximate surface area is 88.3 Å². The van der Waals surface area contributed by atoms with Gasteiger partial charge in [0.05, 0.1) is 6.07 Å². The second-order valence-corrected chi connectivity index (χ2v) is 4.66. The molecule has 1 aromatic rings. The standard InChI is InChI=1S/C11H13N3O/c12-4-3-10-13-11(14-15-10)9-6-7-1-2-8(9)5-7/h7-9H,1-3,5-6H2. The minimum absolute atomic E-state index is 0.230. The van der Waals surface area contributed by atoms with Crippen molar-refractivity contribution in [3.8, 4) is 6.07 Å². The molecule has 0 radical (unpaired) electrons. The van der Waals surface area contributed by atoms with Gasteiger partial charge in [-0.05, 0) is 31.1 Å². The zero-order chi connectivity index (χ0) is 10.3. The molecule has 4 nitrogen and oxygen atoms in total. The van der Waals surface area contributed by atoms with Gasteiger partial charge in [0, 0.05) is 5.92 Å². The molecule has 4 heteroatoms. The van der Waals surface area contributed by atoms with Gasteiger partial charge in [-0.2, -0.15) is 10.2 Å². The SMILES string of the molecule is N#CCc1nc(C2CC3CCC2C3)no1. The third-order valence-corrected chi connectivity index (χ3v) is 3.78. The molecule has 3 atom stereocenters. The first-order valence-electron chi connectivity index (χ1n) is 5.56. The Bertz CT molecular complexity index is 406. The monoisotopic (exact) mass is 203 g/mol. The van der Waals surface area contributed by atoms with E-state index in [1.807, 2.05) is 6.07 Å². The van der Waals surface area contributed by atoms with E-state index in [9.17, 15) is 0 Å². The van der Waals surface area contributed by atoms with Crippen molar-refractivity contribution < 1.29 is 4.52 Å². The Morgan fingerprint density at radius 3 is 3.00 bits per heavy atom. The molecule has 1 heterocycles. The summed E-state index contributed by atoms with van der Waals surface area (Å²) in [5, 5.41) is 12.5. The summed E-state index contributed by atoms with van der Waals surface area (Å²) in [5.74, 6) is 3.46. The molecule has 2 fully saturated rings. The largest absolute Gasteiger partial charge is 0.338 e. The fraction of sp³-hybridized carbons (Fsp3) is 0.727. The fourth-order valence-corrected chi connectivity index (χ4v) is 3.12. The molecule has 0 spiro atoms. The van der Waals surface area contributed by atoms with Crippen LogP contribution in [0.5, 0.6) is 0 Å². The summed E-state index contributed by atoms with van der Waals surface area (Å²) < 4.78 is 5.04. The number of hydrogen-bond donors (Lipinski definition) is 0. The van der Waals surface area contributed by atoms with E-state index in [0.29, 0.717) is 11.8 Å². The van der Waals surface area contributed by atoms with Crippen molar-refractivity contribution in [2.45, 2.75) is 38.0 Å². The first-order valence-corrected chi connectivity index (χ1v) is 5.56. The topological polar surface area (TPSA) is 62.7 Å². The summed E-state index contributed by atoms with van der Waals surface area (Å²) >= 11 is 0. The number of fused-ring (bicyclic) bond motifs is 2. The Morgan fingerprint density at radius 1 is 1.40 bits per heavy atom. The van der Waals surface area contributed by atoms with Crippen molar-refractivity contribution >= 4 is 0 Å². The van der Waals surface area contributed by atoms with Crippen LogP contribution in [0.15, 0.2) is 4.52 Å². The van der Waals surface area contributed by atoms with Gasteiger partial charge in [0.2, 0.25) is 5.89 Å². The molecule has 2 bridgehead atoms. The van der Waals surface area contributed by atoms with E-state index in [1.54, 1.807) is 0 Å². The molecule has 2 saturated carbocycles. The molecule has 1 aromatic heterocycles. The second kappa shape index (κ2) is 3.34. The summed E-state index contributed by atoms with van der Waals surface area (Å²) in [7, 11) is 0. The molecule has 0 aromatic carbocycles. The Morgan fingerprint density at radius 2 is 2.33 bits per heavy atom. The van der Waals surface area contributed by atoms with Crippen LogP contribution in [0.25, 0.3) is 0 Å². The lowest BCUT2D eigenvalue weighted by molar-refractivity contribution is 0.356. The third-order valence-electron chi connectivity index (χ3n) is 3.78. The van der Waals surface area contributed by atoms with Crippen LogP contribution in [0.4, 0.5) is 0 Å². The van der Waals surface area contributed by atoms with Crippen molar-refractivity contribution in [2.24, 2.45) is 11.8 Å². The third kappa shape index (κ3) is 1.43. The first kappa shape index (κ1) is 8.90. The van der Waals surface area contributed by atoms with Gasteiger partial charge in [0.1, 0.15) is 6.42 Å². The number of nitriles is 1.